The quantitative estimate of drug-likeness (QED) is 0.544. The van der Waals surface area contributed by atoms with Crippen LogP contribution in [0.4, 0.5) is 0 Å². The van der Waals surface area contributed by atoms with E-state index in [1.165, 1.54) is 6.42 Å². The van der Waals surface area contributed by atoms with Crippen LogP contribution in [-0.2, 0) is 4.79 Å². The number of Topliss-reactive ketones (excluding diaryl/α,β-unsaturated/α-hetero) is 1. The van der Waals surface area contributed by atoms with Gasteiger partial charge in [0.15, 0.2) is 0 Å². The van der Waals surface area contributed by atoms with Crippen molar-refractivity contribution < 1.29 is 4.79 Å². The van der Waals surface area contributed by atoms with E-state index in [2.05, 4.69) is 26.0 Å². The van der Waals surface area contributed by atoms with Crippen molar-refractivity contribution in [3.8, 4) is 0 Å². The van der Waals surface area contributed by atoms with Gasteiger partial charge >= 0.3 is 0 Å². The van der Waals surface area contributed by atoms with Gasteiger partial charge in [-0.15, -0.1) is 0 Å². The molecule has 2 aliphatic carbocycles. The van der Waals surface area contributed by atoms with E-state index in [-0.39, 0.29) is 10.8 Å². The molecule has 0 saturated heterocycles. The molecule has 0 aliphatic heterocycles. The summed E-state index contributed by atoms with van der Waals surface area (Å²) in [6, 6.07) is 0. The van der Waals surface area contributed by atoms with Gasteiger partial charge in [-0.25, -0.2) is 0 Å². The van der Waals surface area contributed by atoms with Gasteiger partial charge in [-0.1, -0.05) is 26.0 Å². The first-order valence-corrected chi connectivity index (χ1v) is 4.68. The molecule has 1 heteroatoms. The zero-order valence-corrected chi connectivity index (χ0v) is 8.05. The van der Waals surface area contributed by atoms with Crippen molar-refractivity contribution in [3.05, 3.63) is 12.2 Å². The highest BCUT2D eigenvalue weighted by molar-refractivity contribution is 5.84. The Labute approximate surface area is 73.8 Å². The van der Waals surface area contributed by atoms with Gasteiger partial charge in [0.1, 0.15) is 5.78 Å². The Kier molecular flexibility index (Phi) is 1.35. The average Bonchev–Trinajstić information content (AvgIpc) is 2.42. The molecule has 2 bridgehead atoms. The number of carbonyl (C=O) groups is 1. The van der Waals surface area contributed by atoms with Crippen molar-refractivity contribution in [2.45, 2.75) is 33.6 Å². The maximum absolute atomic E-state index is 11.5. The van der Waals surface area contributed by atoms with Gasteiger partial charge in [-0.05, 0) is 31.1 Å². The number of rotatable bonds is 1. The molecule has 1 nitrogen and oxygen atoms in total. The van der Waals surface area contributed by atoms with Crippen LogP contribution in [0.5, 0.6) is 0 Å². The monoisotopic (exact) mass is 164 g/mol. The summed E-state index contributed by atoms with van der Waals surface area (Å²) in [6.45, 7) is 6.08. The molecular formula is C11H16O. The van der Waals surface area contributed by atoms with E-state index in [9.17, 15) is 4.79 Å². The van der Waals surface area contributed by atoms with E-state index in [4.69, 9.17) is 0 Å². The molecule has 2 rings (SSSR count). The smallest absolute Gasteiger partial charge is 0.136 e. The normalized spacial score (nSPS) is 50.1. The number of fused-ring (bicyclic) bond motifs is 2. The zero-order valence-electron chi connectivity index (χ0n) is 8.05. The van der Waals surface area contributed by atoms with Crippen molar-refractivity contribution in [3.63, 3.8) is 0 Å². The van der Waals surface area contributed by atoms with Crippen molar-refractivity contribution in [1.82, 2.24) is 0 Å². The Morgan fingerprint density at radius 3 is 2.33 bits per heavy atom. The second-order valence-corrected chi connectivity index (χ2v) is 4.83. The molecule has 0 amide bonds. The molecule has 1 fully saturated rings. The lowest BCUT2D eigenvalue weighted by Crippen LogP contribution is -2.37. The summed E-state index contributed by atoms with van der Waals surface area (Å²) in [7, 11) is 0. The second-order valence-electron chi connectivity index (χ2n) is 4.83. The molecule has 0 spiro atoms. The van der Waals surface area contributed by atoms with Crippen molar-refractivity contribution in [2.24, 2.45) is 16.7 Å². The highest BCUT2D eigenvalue weighted by atomic mass is 16.1. The summed E-state index contributed by atoms with van der Waals surface area (Å²) >= 11 is 0. The van der Waals surface area contributed by atoms with E-state index in [0.717, 1.165) is 6.42 Å². The van der Waals surface area contributed by atoms with Crippen LogP contribution >= 0.6 is 0 Å². The van der Waals surface area contributed by atoms with Crippen LogP contribution < -0.4 is 0 Å². The number of hydrogen-bond acceptors (Lipinski definition) is 1. The maximum atomic E-state index is 11.5. The molecule has 0 heterocycles. The van der Waals surface area contributed by atoms with Gasteiger partial charge in [0.25, 0.3) is 0 Å². The molecule has 0 aromatic rings. The van der Waals surface area contributed by atoms with Crippen LogP contribution in [0.3, 0.4) is 0 Å². The fraction of sp³-hybridized carbons (Fsp3) is 0.727. The lowest BCUT2D eigenvalue weighted by atomic mass is 9.65. The summed E-state index contributed by atoms with van der Waals surface area (Å²) < 4.78 is 0. The molecule has 0 N–H and O–H groups in total. The number of allylic oxidation sites excluding steroid dienone is 2. The minimum absolute atomic E-state index is 0.0770. The standard InChI is InChI=1S/C11H16O/c1-8(12)11(3)7-9-4-5-10(11,2)6-9/h4-5,9H,6-7H2,1-3H3. The van der Waals surface area contributed by atoms with Gasteiger partial charge in [0, 0.05) is 5.41 Å². The SMILES string of the molecule is CC(=O)C1(C)CC2C=CC1(C)C2. The lowest BCUT2D eigenvalue weighted by molar-refractivity contribution is -0.129. The molecule has 1 saturated carbocycles. The number of carbonyl (C=O) groups excluding carboxylic acids is 1. The Morgan fingerprint density at radius 2 is 2.08 bits per heavy atom. The fourth-order valence-corrected chi connectivity index (χ4v) is 2.88. The molecule has 2 aliphatic rings. The first-order valence-electron chi connectivity index (χ1n) is 4.68. The third kappa shape index (κ3) is 0.720. The Bertz CT molecular complexity index is 266. The van der Waals surface area contributed by atoms with Gasteiger partial charge in [0.2, 0.25) is 0 Å². The lowest BCUT2D eigenvalue weighted by Gasteiger charge is -2.37. The van der Waals surface area contributed by atoms with Crippen LogP contribution in [0, 0.1) is 16.7 Å². The maximum Gasteiger partial charge on any atom is 0.136 e. The molecule has 0 aromatic heterocycles. The zero-order chi connectivity index (χ0) is 8.98. The first kappa shape index (κ1) is 8.03. The number of hydrogen-bond donors (Lipinski definition) is 0. The van der Waals surface area contributed by atoms with Crippen molar-refractivity contribution in [1.29, 1.82) is 0 Å². The van der Waals surface area contributed by atoms with Crippen LogP contribution in [0.15, 0.2) is 12.2 Å². The number of ketones is 1. The van der Waals surface area contributed by atoms with Crippen LogP contribution in [0.1, 0.15) is 33.6 Å². The van der Waals surface area contributed by atoms with E-state index in [0.29, 0.717) is 11.7 Å². The molecular weight excluding hydrogens is 148 g/mol. The van der Waals surface area contributed by atoms with Gasteiger partial charge in [0.05, 0.1) is 0 Å². The van der Waals surface area contributed by atoms with Crippen LogP contribution in [0.2, 0.25) is 0 Å². The Hall–Kier alpha value is -0.590. The Morgan fingerprint density at radius 1 is 1.42 bits per heavy atom. The highest BCUT2D eigenvalue weighted by Gasteiger charge is 2.55. The second kappa shape index (κ2) is 2.01. The van der Waals surface area contributed by atoms with E-state index >= 15 is 0 Å². The predicted molar refractivity (Wildman–Crippen MR) is 48.8 cm³/mol. The molecule has 3 unspecified atom stereocenters. The molecule has 66 valence electrons. The first-order chi connectivity index (χ1) is 5.48. The van der Waals surface area contributed by atoms with Gasteiger partial charge in [-0.3, -0.25) is 4.79 Å². The summed E-state index contributed by atoms with van der Waals surface area (Å²) in [5.41, 5.74) is 0.0793. The van der Waals surface area contributed by atoms with E-state index in [1.807, 2.05) is 0 Å². The van der Waals surface area contributed by atoms with Crippen LogP contribution in [0.25, 0.3) is 0 Å². The summed E-state index contributed by atoms with van der Waals surface area (Å²) in [4.78, 5) is 11.5. The van der Waals surface area contributed by atoms with Crippen molar-refractivity contribution >= 4 is 5.78 Å². The topological polar surface area (TPSA) is 17.1 Å². The minimum Gasteiger partial charge on any atom is -0.299 e. The molecule has 12 heavy (non-hydrogen) atoms. The fourth-order valence-electron chi connectivity index (χ4n) is 2.88. The molecule has 0 radical (unpaired) electrons. The average molecular weight is 164 g/mol. The summed E-state index contributed by atoms with van der Waals surface area (Å²) in [6.07, 6.45) is 6.78. The summed E-state index contributed by atoms with van der Waals surface area (Å²) in [5, 5.41) is 0. The summed E-state index contributed by atoms with van der Waals surface area (Å²) in [5.74, 6) is 1.03. The van der Waals surface area contributed by atoms with E-state index < -0.39 is 0 Å². The Balaban J connectivity index is 2.43. The molecule has 3 atom stereocenters. The third-order valence-electron chi connectivity index (χ3n) is 4.13. The minimum atomic E-state index is -0.0770. The largest absolute Gasteiger partial charge is 0.299 e. The van der Waals surface area contributed by atoms with Crippen molar-refractivity contribution in [2.75, 3.05) is 0 Å². The third-order valence-corrected chi connectivity index (χ3v) is 4.13. The highest BCUT2D eigenvalue weighted by Crippen LogP contribution is 2.60. The van der Waals surface area contributed by atoms with Gasteiger partial charge in [-0.2, -0.15) is 0 Å². The van der Waals surface area contributed by atoms with Crippen LogP contribution in [-0.4, -0.2) is 5.78 Å². The predicted octanol–water partition coefficient (Wildman–Crippen LogP) is 2.57. The van der Waals surface area contributed by atoms with E-state index in [1.54, 1.807) is 6.92 Å². The molecule has 0 aromatic carbocycles. The van der Waals surface area contributed by atoms with Gasteiger partial charge < -0.3 is 0 Å².